The number of rotatable bonds is 3. The molecule has 0 spiro atoms. The molecule has 2 heterocycles. The smallest absolute Gasteiger partial charge is 0.157 e. The van der Waals surface area contributed by atoms with Gasteiger partial charge in [-0.3, -0.25) is 4.68 Å². The molecule has 5 heteroatoms. The number of hydrogen-bond donors (Lipinski definition) is 1. The standard InChI is InChI=1S/C10H16N2O3/c1-7(2)12-4-8(3-11-12)15-10-6-14-5-9(10)13/h3-4,7,9-10,13H,5-6H2,1-2H3. The lowest BCUT2D eigenvalue weighted by Crippen LogP contribution is -2.29. The lowest BCUT2D eigenvalue weighted by atomic mass is 10.2. The second-order valence-corrected chi connectivity index (χ2v) is 4.01. The third-order valence-electron chi connectivity index (χ3n) is 2.39. The van der Waals surface area contributed by atoms with Crippen LogP contribution in [0.2, 0.25) is 0 Å². The van der Waals surface area contributed by atoms with Crippen molar-refractivity contribution in [2.24, 2.45) is 0 Å². The second kappa shape index (κ2) is 4.20. The molecule has 1 saturated heterocycles. The van der Waals surface area contributed by atoms with E-state index in [9.17, 15) is 5.11 Å². The largest absolute Gasteiger partial charge is 0.482 e. The van der Waals surface area contributed by atoms with Crippen LogP contribution in [0.5, 0.6) is 5.75 Å². The van der Waals surface area contributed by atoms with E-state index in [0.717, 1.165) is 0 Å². The van der Waals surface area contributed by atoms with Crippen molar-refractivity contribution in [1.29, 1.82) is 0 Å². The van der Waals surface area contributed by atoms with Crippen molar-refractivity contribution >= 4 is 0 Å². The molecule has 0 saturated carbocycles. The Labute approximate surface area is 88.6 Å². The summed E-state index contributed by atoms with van der Waals surface area (Å²) in [5.41, 5.74) is 0. The van der Waals surface area contributed by atoms with Gasteiger partial charge in [0.2, 0.25) is 0 Å². The number of aliphatic hydroxyl groups is 1. The van der Waals surface area contributed by atoms with Gasteiger partial charge in [-0.1, -0.05) is 0 Å². The summed E-state index contributed by atoms with van der Waals surface area (Å²) in [5.74, 6) is 0.679. The summed E-state index contributed by atoms with van der Waals surface area (Å²) in [4.78, 5) is 0. The van der Waals surface area contributed by atoms with Crippen molar-refractivity contribution < 1.29 is 14.6 Å². The van der Waals surface area contributed by atoms with Crippen LogP contribution in [0, 0.1) is 0 Å². The van der Waals surface area contributed by atoms with Crippen LogP contribution in [-0.4, -0.2) is 40.3 Å². The van der Waals surface area contributed by atoms with Gasteiger partial charge in [-0.2, -0.15) is 5.10 Å². The quantitative estimate of drug-likeness (QED) is 0.797. The van der Waals surface area contributed by atoms with Crippen molar-refractivity contribution in [3.8, 4) is 5.75 Å². The highest BCUT2D eigenvalue weighted by Crippen LogP contribution is 2.17. The van der Waals surface area contributed by atoms with Crippen molar-refractivity contribution in [2.45, 2.75) is 32.1 Å². The van der Waals surface area contributed by atoms with Gasteiger partial charge in [-0.05, 0) is 13.8 Å². The molecule has 2 unspecified atom stereocenters. The number of ether oxygens (including phenoxy) is 2. The van der Waals surface area contributed by atoms with E-state index in [-0.39, 0.29) is 6.10 Å². The third-order valence-corrected chi connectivity index (χ3v) is 2.39. The lowest BCUT2D eigenvalue weighted by molar-refractivity contribution is 0.0733. The molecule has 2 atom stereocenters. The molecule has 5 nitrogen and oxygen atoms in total. The molecule has 1 aromatic rings. The molecule has 84 valence electrons. The van der Waals surface area contributed by atoms with Crippen LogP contribution in [0.15, 0.2) is 12.4 Å². The molecule has 15 heavy (non-hydrogen) atoms. The van der Waals surface area contributed by atoms with Gasteiger partial charge in [0.05, 0.1) is 25.6 Å². The molecule has 1 aliphatic rings. The normalized spacial score (nSPS) is 26.1. The van der Waals surface area contributed by atoms with E-state index in [1.165, 1.54) is 0 Å². The Balaban J connectivity index is 1.98. The van der Waals surface area contributed by atoms with Gasteiger partial charge in [0.25, 0.3) is 0 Å². The number of nitrogens with zero attached hydrogens (tertiary/aromatic N) is 2. The van der Waals surface area contributed by atoms with Crippen LogP contribution in [0.3, 0.4) is 0 Å². The van der Waals surface area contributed by atoms with E-state index in [1.807, 2.05) is 24.7 Å². The van der Waals surface area contributed by atoms with Gasteiger partial charge in [-0.15, -0.1) is 0 Å². The van der Waals surface area contributed by atoms with Gasteiger partial charge in [-0.25, -0.2) is 0 Å². The van der Waals surface area contributed by atoms with Gasteiger partial charge in [0, 0.05) is 6.04 Å². The average Bonchev–Trinajstić information content (AvgIpc) is 2.77. The minimum Gasteiger partial charge on any atom is -0.482 e. The van der Waals surface area contributed by atoms with E-state index < -0.39 is 6.10 Å². The Morgan fingerprint density at radius 2 is 2.40 bits per heavy atom. The van der Waals surface area contributed by atoms with E-state index in [2.05, 4.69) is 5.10 Å². The molecule has 0 radical (unpaired) electrons. The highest BCUT2D eigenvalue weighted by molar-refractivity contribution is 5.13. The fourth-order valence-corrected chi connectivity index (χ4v) is 1.47. The Hall–Kier alpha value is -1.07. The summed E-state index contributed by atoms with van der Waals surface area (Å²) in [6, 6.07) is 0.312. The molecule has 1 aliphatic heterocycles. The minimum absolute atomic E-state index is 0.269. The summed E-state index contributed by atoms with van der Waals surface area (Å²) < 4.78 is 12.5. The van der Waals surface area contributed by atoms with Crippen molar-refractivity contribution in [1.82, 2.24) is 9.78 Å². The predicted octanol–water partition coefficient (Wildman–Crippen LogP) is 0.602. The first-order valence-electron chi connectivity index (χ1n) is 5.13. The maximum absolute atomic E-state index is 9.49. The van der Waals surface area contributed by atoms with E-state index in [4.69, 9.17) is 9.47 Å². The monoisotopic (exact) mass is 212 g/mol. The lowest BCUT2D eigenvalue weighted by Gasteiger charge is -2.13. The first-order valence-corrected chi connectivity index (χ1v) is 5.13. The van der Waals surface area contributed by atoms with Crippen molar-refractivity contribution in [3.05, 3.63) is 12.4 Å². The highest BCUT2D eigenvalue weighted by Gasteiger charge is 2.28. The first-order chi connectivity index (χ1) is 7.16. The second-order valence-electron chi connectivity index (χ2n) is 4.01. The number of aromatic nitrogens is 2. The molecule has 0 bridgehead atoms. The Bertz CT molecular complexity index is 324. The molecule has 0 aromatic carbocycles. The Kier molecular flexibility index (Phi) is 2.93. The predicted molar refractivity (Wildman–Crippen MR) is 53.9 cm³/mol. The van der Waals surface area contributed by atoms with Crippen LogP contribution in [0.25, 0.3) is 0 Å². The maximum atomic E-state index is 9.49. The highest BCUT2D eigenvalue weighted by atomic mass is 16.6. The van der Waals surface area contributed by atoms with Crippen LogP contribution in [0.4, 0.5) is 0 Å². The SMILES string of the molecule is CC(C)n1cc(OC2COCC2O)cn1. The molecule has 1 aromatic heterocycles. The van der Waals surface area contributed by atoms with Crippen LogP contribution < -0.4 is 4.74 Å². The summed E-state index contributed by atoms with van der Waals surface area (Å²) in [5, 5.41) is 13.6. The number of hydrogen-bond acceptors (Lipinski definition) is 4. The van der Waals surface area contributed by atoms with Crippen molar-refractivity contribution in [2.75, 3.05) is 13.2 Å². The summed E-state index contributed by atoms with van der Waals surface area (Å²) >= 11 is 0. The molecular weight excluding hydrogens is 196 g/mol. The molecule has 0 aliphatic carbocycles. The maximum Gasteiger partial charge on any atom is 0.157 e. The molecule has 0 amide bonds. The zero-order valence-corrected chi connectivity index (χ0v) is 8.96. The molecule has 2 rings (SSSR count). The van der Waals surface area contributed by atoms with E-state index >= 15 is 0 Å². The fraction of sp³-hybridized carbons (Fsp3) is 0.700. The zero-order valence-electron chi connectivity index (χ0n) is 8.96. The van der Waals surface area contributed by atoms with E-state index in [0.29, 0.717) is 25.0 Å². The third kappa shape index (κ3) is 2.30. The van der Waals surface area contributed by atoms with Crippen LogP contribution in [0.1, 0.15) is 19.9 Å². The van der Waals surface area contributed by atoms with Crippen molar-refractivity contribution in [3.63, 3.8) is 0 Å². The minimum atomic E-state index is -0.535. The molecular formula is C10H16N2O3. The average molecular weight is 212 g/mol. The fourth-order valence-electron chi connectivity index (χ4n) is 1.47. The first kappa shape index (κ1) is 10.4. The topological polar surface area (TPSA) is 56.5 Å². The van der Waals surface area contributed by atoms with Gasteiger partial charge in [0.15, 0.2) is 11.9 Å². The van der Waals surface area contributed by atoms with Crippen LogP contribution >= 0.6 is 0 Å². The molecule has 1 N–H and O–H groups in total. The van der Waals surface area contributed by atoms with E-state index in [1.54, 1.807) is 6.20 Å². The molecule has 1 fully saturated rings. The van der Waals surface area contributed by atoms with Crippen LogP contribution in [-0.2, 0) is 4.74 Å². The van der Waals surface area contributed by atoms with Gasteiger partial charge >= 0.3 is 0 Å². The zero-order chi connectivity index (χ0) is 10.8. The Morgan fingerprint density at radius 1 is 1.60 bits per heavy atom. The number of aliphatic hydroxyl groups excluding tert-OH is 1. The van der Waals surface area contributed by atoms with Gasteiger partial charge < -0.3 is 14.6 Å². The Morgan fingerprint density at radius 3 is 2.93 bits per heavy atom. The van der Waals surface area contributed by atoms with Gasteiger partial charge in [0.1, 0.15) is 6.10 Å². The summed E-state index contributed by atoms with van der Waals surface area (Å²) in [6.07, 6.45) is 2.68. The summed E-state index contributed by atoms with van der Waals surface area (Å²) in [7, 11) is 0. The summed E-state index contributed by atoms with van der Waals surface area (Å²) in [6.45, 7) is 4.88.